The van der Waals surface area contributed by atoms with Gasteiger partial charge in [-0.15, -0.1) is 0 Å². The number of pyridine rings is 1. The van der Waals surface area contributed by atoms with Gasteiger partial charge in [-0.25, -0.2) is 9.78 Å². The van der Waals surface area contributed by atoms with E-state index < -0.39 is 0 Å². The second kappa shape index (κ2) is 7.41. The fraction of sp³-hybridized carbons (Fsp3) is 0.625. The van der Waals surface area contributed by atoms with Crippen LogP contribution in [0.2, 0.25) is 0 Å². The molecule has 1 unspecified atom stereocenters. The molecule has 1 atom stereocenters. The number of hydrogen-bond acceptors (Lipinski definition) is 5. The highest BCUT2D eigenvalue weighted by Gasteiger charge is 2.24. The monoisotopic (exact) mass is 291 g/mol. The number of ether oxygens (including phenoxy) is 1. The molecule has 0 aromatic carbocycles. The maximum absolute atomic E-state index is 12.0. The van der Waals surface area contributed by atoms with Crippen LogP contribution in [0, 0.1) is 5.92 Å². The summed E-state index contributed by atoms with van der Waals surface area (Å²) in [4.78, 5) is 18.6. The minimum atomic E-state index is -0.328. The van der Waals surface area contributed by atoms with Gasteiger partial charge in [0.15, 0.2) is 0 Å². The molecule has 0 aliphatic carbocycles. The standard InChI is InChI=1S/C16H25N3O2/c1-12(2)19(11-13-6-4-8-17-10-13)15-14(16(20)21-3)7-5-9-18-15/h5,7,9,12-13,17H,4,6,8,10-11H2,1-3H3. The first-order valence-corrected chi connectivity index (χ1v) is 7.64. The van der Waals surface area contributed by atoms with Gasteiger partial charge in [-0.1, -0.05) is 0 Å². The first-order chi connectivity index (χ1) is 10.1. The van der Waals surface area contributed by atoms with E-state index in [1.165, 1.54) is 20.0 Å². The van der Waals surface area contributed by atoms with Gasteiger partial charge < -0.3 is 15.0 Å². The first-order valence-electron chi connectivity index (χ1n) is 7.64. The van der Waals surface area contributed by atoms with Crippen LogP contribution < -0.4 is 10.2 Å². The molecule has 2 rings (SSSR count). The minimum absolute atomic E-state index is 0.283. The van der Waals surface area contributed by atoms with E-state index in [4.69, 9.17) is 4.74 Å². The molecule has 1 aromatic heterocycles. The average Bonchev–Trinajstić information content (AvgIpc) is 2.52. The molecule has 1 fully saturated rings. The van der Waals surface area contributed by atoms with Crippen molar-refractivity contribution in [1.29, 1.82) is 0 Å². The predicted octanol–water partition coefficient (Wildman–Crippen LogP) is 2.08. The van der Waals surface area contributed by atoms with Crippen molar-refractivity contribution in [3.63, 3.8) is 0 Å². The van der Waals surface area contributed by atoms with Crippen molar-refractivity contribution in [2.24, 2.45) is 5.92 Å². The van der Waals surface area contributed by atoms with E-state index in [1.807, 2.05) is 0 Å². The number of methoxy groups -OCH3 is 1. The molecule has 2 heterocycles. The maximum atomic E-state index is 12.0. The summed E-state index contributed by atoms with van der Waals surface area (Å²) in [6.45, 7) is 7.31. The van der Waals surface area contributed by atoms with Crippen LogP contribution in [0.5, 0.6) is 0 Å². The average molecular weight is 291 g/mol. The summed E-state index contributed by atoms with van der Waals surface area (Å²) in [5.41, 5.74) is 0.539. The summed E-state index contributed by atoms with van der Waals surface area (Å²) < 4.78 is 4.88. The topological polar surface area (TPSA) is 54.5 Å². The van der Waals surface area contributed by atoms with Gasteiger partial charge in [0.2, 0.25) is 0 Å². The molecule has 0 amide bonds. The van der Waals surface area contributed by atoms with Gasteiger partial charge in [0.05, 0.1) is 7.11 Å². The van der Waals surface area contributed by atoms with Crippen LogP contribution in [0.1, 0.15) is 37.0 Å². The Morgan fingerprint density at radius 3 is 3.00 bits per heavy atom. The zero-order chi connectivity index (χ0) is 15.2. The number of piperidine rings is 1. The van der Waals surface area contributed by atoms with Crippen LogP contribution in [0.15, 0.2) is 18.3 Å². The van der Waals surface area contributed by atoms with Crippen LogP contribution in [0.4, 0.5) is 5.82 Å². The number of rotatable bonds is 5. The lowest BCUT2D eigenvalue weighted by Crippen LogP contribution is -2.42. The molecule has 1 aromatic rings. The van der Waals surface area contributed by atoms with E-state index in [0.29, 0.717) is 11.5 Å². The fourth-order valence-electron chi connectivity index (χ4n) is 2.79. The summed E-state index contributed by atoms with van der Waals surface area (Å²) in [7, 11) is 1.41. The summed E-state index contributed by atoms with van der Waals surface area (Å²) in [6.07, 6.45) is 4.16. The smallest absolute Gasteiger partial charge is 0.341 e. The molecule has 0 radical (unpaired) electrons. The van der Waals surface area contributed by atoms with E-state index in [1.54, 1.807) is 18.3 Å². The third-order valence-electron chi connectivity index (χ3n) is 3.94. The number of hydrogen-bond donors (Lipinski definition) is 1. The molecule has 0 bridgehead atoms. The Labute approximate surface area is 126 Å². The third kappa shape index (κ3) is 3.94. The quantitative estimate of drug-likeness (QED) is 0.842. The zero-order valence-corrected chi connectivity index (χ0v) is 13.1. The summed E-state index contributed by atoms with van der Waals surface area (Å²) in [6, 6.07) is 3.84. The van der Waals surface area contributed by atoms with Crippen molar-refractivity contribution in [2.75, 3.05) is 31.6 Å². The molecule has 0 spiro atoms. The number of carbonyl (C=O) groups is 1. The minimum Gasteiger partial charge on any atom is -0.465 e. The van der Waals surface area contributed by atoms with Gasteiger partial charge in [0.1, 0.15) is 11.4 Å². The highest BCUT2D eigenvalue weighted by molar-refractivity contribution is 5.94. The number of aromatic nitrogens is 1. The highest BCUT2D eigenvalue weighted by atomic mass is 16.5. The Morgan fingerprint density at radius 1 is 1.57 bits per heavy atom. The van der Waals surface area contributed by atoms with E-state index in [2.05, 4.69) is 29.0 Å². The van der Waals surface area contributed by atoms with Crippen LogP contribution in [0.3, 0.4) is 0 Å². The predicted molar refractivity (Wildman–Crippen MR) is 83.7 cm³/mol. The second-order valence-corrected chi connectivity index (χ2v) is 5.82. The van der Waals surface area contributed by atoms with Crippen LogP contribution in [0.25, 0.3) is 0 Å². The maximum Gasteiger partial charge on any atom is 0.341 e. The molecule has 21 heavy (non-hydrogen) atoms. The van der Waals surface area contributed by atoms with Crippen molar-refractivity contribution in [3.8, 4) is 0 Å². The van der Waals surface area contributed by atoms with Gasteiger partial charge in [-0.3, -0.25) is 0 Å². The molecule has 5 nitrogen and oxygen atoms in total. The van der Waals surface area contributed by atoms with E-state index in [0.717, 1.165) is 25.5 Å². The van der Waals surface area contributed by atoms with Crippen molar-refractivity contribution >= 4 is 11.8 Å². The summed E-state index contributed by atoms with van der Waals surface area (Å²) in [5, 5.41) is 3.44. The Balaban J connectivity index is 2.23. The van der Waals surface area contributed by atoms with Gasteiger partial charge in [0.25, 0.3) is 0 Å². The molecule has 116 valence electrons. The van der Waals surface area contributed by atoms with Gasteiger partial charge >= 0.3 is 5.97 Å². The highest BCUT2D eigenvalue weighted by Crippen LogP contribution is 2.23. The lowest BCUT2D eigenvalue weighted by molar-refractivity contribution is 0.0601. The number of esters is 1. The van der Waals surface area contributed by atoms with E-state index in [-0.39, 0.29) is 12.0 Å². The molecule has 1 aliphatic heterocycles. The Morgan fingerprint density at radius 2 is 2.38 bits per heavy atom. The molecule has 5 heteroatoms. The molecule has 0 saturated carbocycles. The molecule has 1 aliphatic rings. The number of nitrogens with one attached hydrogen (secondary N) is 1. The van der Waals surface area contributed by atoms with Crippen molar-refractivity contribution in [1.82, 2.24) is 10.3 Å². The molecular formula is C16H25N3O2. The number of carbonyl (C=O) groups excluding carboxylic acids is 1. The van der Waals surface area contributed by atoms with E-state index >= 15 is 0 Å². The summed E-state index contributed by atoms with van der Waals surface area (Å²) in [5.74, 6) is 0.990. The summed E-state index contributed by atoms with van der Waals surface area (Å²) >= 11 is 0. The lowest BCUT2D eigenvalue weighted by Gasteiger charge is -2.34. The third-order valence-corrected chi connectivity index (χ3v) is 3.94. The Bertz CT molecular complexity index is 470. The van der Waals surface area contributed by atoms with Crippen LogP contribution in [-0.4, -0.2) is 43.7 Å². The van der Waals surface area contributed by atoms with Gasteiger partial charge in [0, 0.05) is 18.8 Å². The lowest BCUT2D eigenvalue weighted by atomic mass is 9.98. The van der Waals surface area contributed by atoms with Crippen LogP contribution >= 0.6 is 0 Å². The number of anilines is 1. The Hall–Kier alpha value is -1.62. The Kier molecular flexibility index (Phi) is 5.56. The first kappa shape index (κ1) is 15.8. The second-order valence-electron chi connectivity index (χ2n) is 5.82. The zero-order valence-electron chi connectivity index (χ0n) is 13.1. The fourth-order valence-corrected chi connectivity index (χ4v) is 2.79. The molecule has 1 N–H and O–H groups in total. The van der Waals surface area contributed by atoms with Gasteiger partial charge in [-0.2, -0.15) is 0 Å². The van der Waals surface area contributed by atoms with Crippen molar-refractivity contribution in [3.05, 3.63) is 23.9 Å². The molecular weight excluding hydrogens is 266 g/mol. The van der Waals surface area contributed by atoms with Gasteiger partial charge in [-0.05, 0) is 57.8 Å². The number of nitrogens with zero attached hydrogens (tertiary/aromatic N) is 2. The van der Waals surface area contributed by atoms with Crippen LogP contribution in [-0.2, 0) is 4.74 Å². The van der Waals surface area contributed by atoms with E-state index in [9.17, 15) is 4.79 Å². The largest absolute Gasteiger partial charge is 0.465 e. The van der Waals surface area contributed by atoms with Crippen molar-refractivity contribution < 1.29 is 9.53 Å². The SMILES string of the molecule is COC(=O)c1cccnc1N(CC1CCCNC1)C(C)C. The molecule has 1 saturated heterocycles. The normalized spacial score (nSPS) is 18.6. The van der Waals surface area contributed by atoms with Crippen molar-refractivity contribution in [2.45, 2.75) is 32.7 Å².